The van der Waals surface area contributed by atoms with Crippen LogP contribution in [-0.4, -0.2) is 18.0 Å². The minimum absolute atomic E-state index is 0.00164. The Balaban J connectivity index is 2.41. The van der Waals surface area contributed by atoms with Gasteiger partial charge in [-0.2, -0.15) is 0 Å². The molecule has 1 heterocycles. The van der Waals surface area contributed by atoms with Crippen LogP contribution in [0.5, 0.6) is 0 Å². The van der Waals surface area contributed by atoms with Crippen LogP contribution in [0.25, 0.3) is 0 Å². The minimum Gasteiger partial charge on any atom is -0.348 e. The molecule has 3 nitrogen and oxygen atoms in total. The molecule has 0 bridgehead atoms. The van der Waals surface area contributed by atoms with Gasteiger partial charge < -0.3 is 10.6 Å². The third-order valence-electron chi connectivity index (χ3n) is 2.18. The fourth-order valence-electron chi connectivity index (χ4n) is 1.27. The normalized spacial score (nSPS) is 13.5. The molecule has 0 aliphatic carbocycles. The van der Waals surface area contributed by atoms with E-state index in [9.17, 15) is 4.79 Å². The zero-order valence-electron chi connectivity index (χ0n) is 10.6. The highest BCUT2D eigenvalue weighted by Gasteiger charge is 2.14. The first-order valence-electron chi connectivity index (χ1n) is 5.57. The molecule has 17 heavy (non-hydrogen) atoms. The van der Waals surface area contributed by atoms with Crippen molar-refractivity contribution in [3.63, 3.8) is 0 Å². The van der Waals surface area contributed by atoms with E-state index in [2.05, 4.69) is 10.6 Å². The number of rotatable bonds is 4. The maximum absolute atomic E-state index is 11.7. The minimum atomic E-state index is -0.0488. The Morgan fingerprint density at radius 3 is 2.59 bits per heavy atom. The summed E-state index contributed by atoms with van der Waals surface area (Å²) in [5.74, 6) is -0.00283. The van der Waals surface area contributed by atoms with Gasteiger partial charge in [-0.05, 0) is 39.8 Å². The molecule has 96 valence electrons. The Labute approximate surface area is 112 Å². The number of nitrogens with one attached hydrogen (secondary N) is 2. The third-order valence-corrected chi connectivity index (χ3v) is 3.59. The summed E-state index contributed by atoms with van der Waals surface area (Å²) in [4.78, 5) is 12.7. The van der Waals surface area contributed by atoms with Gasteiger partial charge in [0.05, 0.1) is 16.9 Å². The highest BCUT2D eigenvalue weighted by atomic mass is 35.5. The lowest BCUT2D eigenvalue weighted by molar-refractivity contribution is -0.121. The lowest BCUT2D eigenvalue weighted by atomic mass is 10.1. The first-order chi connectivity index (χ1) is 7.78. The van der Waals surface area contributed by atoms with Gasteiger partial charge in [0.25, 0.3) is 0 Å². The van der Waals surface area contributed by atoms with Gasteiger partial charge in [0.1, 0.15) is 0 Å². The van der Waals surface area contributed by atoms with Gasteiger partial charge >= 0.3 is 0 Å². The Bertz CT molecular complexity index is 384. The summed E-state index contributed by atoms with van der Waals surface area (Å²) in [5.41, 5.74) is -0.0488. The highest BCUT2D eigenvalue weighted by Crippen LogP contribution is 2.26. The molecule has 0 saturated heterocycles. The fraction of sp³-hybridized carbons (Fsp3) is 0.583. The van der Waals surface area contributed by atoms with Crippen LogP contribution in [-0.2, 0) is 4.79 Å². The van der Waals surface area contributed by atoms with Gasteiger partial charge in [0.2, 0.25) is 5.91 Å². The second-order valence-corrected chi connectivity index (χ2v) is 6.78. The predicted molar refractivity (Wildman–Crippen MR) is 73.6 cm³/mol. The molecule has 0 spiro atoms. The number of thiophene rings is 1. The fourth-order valence-corrected chi connectivity index (χ4v) is 2.33. The van der Waals surface area contributed by atoms with E-state index >= 15 is 0 Å². The van der Waals surface area contributed by atoms with Crippen molar-refractivity contribution in [1.82, 2.24) is 10.6 Å². The summed E-state index contributed by atoms with van der Waals surface area (Å²) in [6.07, 6.45) is 0. The van der Waals surface area contributed by atoms with Crippen molar-refractivity contribution >= 4 is 28.8 Å². The van der Waals surface area contributed by atoms with Crippen molar-refractivity contribution in [3.05, 3.63) is 21.3 Å². The monoisotopic (exact) mass is 274 g/mol. The third kappa shape index (κ3) is 5.52. The summed E-state index contributed by atoms with van der Waals surface area (Å²) in [6, 6.07) is 3.79. The van der Waals surface area contributed by atoms with Crippen LogP contribution in [0.4, 0.5) is 0 Å². The highest BCUT2D eigenvalue weighted by molar-refractivity contribution is 7.16. The Kier molecular flexibility index (Phi) is 4.98. The van der Waals surface area contributed by atoms with Gasteiger partial charge in [-0.1, -0.05) is 11.6 Å². The number of hydrogen-bond acceptors (Lipinski definition) is 3. The van der Waals surface area contributed by atoms with Crippen molar-refractivity contribution < 1.29 is 4.79 Å². The summed E-state index contributed by atoms with van der Waals surface area (Å²) in [7, 11) is 0. The van der Waals surface area contributed by atoms with E-state index in [0.29, 0.717) is 6.54 Å². The van der Waals surface area contributed by atoms with Crippen molar-refractivity contribution in [2.45, 2.75) is 39.3 Å². The molecule has 2 N–H and O–H groups in total. The topological polar surface area (TPSA) is 41.1 Å². The molecule has 5 heteroatoms. The molecule has 1 rings (SSSR count). The second kappa shape index (κ2) is 5.85. The standard InChI is InChI=1S/C12H19ClN2OS/c1-8(9-5-6-10(13)17-9)15-11(16)7-14-12(2,3)4/h5-6,8,14H,7H2,1-4H3,(H,15,16). The largest absolute Gasteiger partial charge is 0.348 e. The number of hydrogen-bond donors (Lipinski definition) is 2. The average molecular weight is 275 g/mol. The van der Waals surface area contributed by atoms with Crippen molar-refractivity contribution in [1.29, 1.82) is 0 Å². The predicted octanol–water partition coefficient (Wildman–Crippen LogP) is 2.97. The van der Waals surface area contributed by atoms with Crippen molar-refractivity contribution in [2.75, 3.05) is 6.54 Å². The molecule has 0 radical (unpaired) electrons. The quantitative estimate of drug-likeness (QED) is 0.886. The van der Waals surface area contributed by atoms with E-state index in [0.717, 1.165) is 9.21 Å². The van der Waals surface area contributed by atoms with Crippen LogP contribution in [0.2, 0.25) is 4.34 Å². The van der Waals surface area contributed by atoms with Gasteiger partial charge in [0, 0.05) is 10.4 Å². The van der Waals surface area contributed by atoms with Crippen molar-refractivity contribution in [3.8, 4) is 0 Å². The number of halogens is 1. The number of carbonyl (C=O) groups excluding carboxylic acids is 1. The summed E-state index contributed by atoms with van der Waals surface area (Å²) in [5, 5.41) is 6.08. The second-order valence-electron chi connectivity index (χ2n) is 5.03. The summed E-state index contributed by atoms with van der Waals surface area (Å²) < 4.78 is 0.744. The van der Waals surface area contributed by atoms with E-state index in [-0.39, 0.29) is 17.5 Å². The Morgan fingerprint density at radius 2 is 2.12 bits per heavy atom. The van der Waals surface area contributed by atoms with Gasteiger partial charge in [-0.25, -0.2) is 0 Å². The van der Waals surface area contributed by atoms with Gasteiger partial charge in [-0.3, -0.25) is 4.79 Å². The van der Waals surface area contributed by atoms with Gasteiger partial charge in [-0.15, -0.1) is 11.3 Å². The number of carbonyl (C=O) groups is 1. The molecule has 1 amide bonds. The van der Waals surface area contributed by atoms with Crippen molar-refractivity contribution in [2.24, 2.45) is 0 Å². The molecule has 0 aliphatic heterocycles. The van der Waals surface area contributed by atoms with E-state index in [1.54, 1.807) is 0 Å². The molecule has 0 saturated carbocycles. The van der Waals surface area contributed by atoms with E-state index in [4.69, 9.17) is 11.6 Å². The Morgan fingerprint density at radius 1 is 1.47 bits per heavy atom. The maximum atomic E-state index is 11.7. The summed E-state index contributed by atoms with van der Waals surface area (Å²) in [6.45, 7) is 8.37. The molecule has 1 aromatic rings. The van der Waals surface area contributed by atoms with Crippen LogP contribution in [0.3, 0.4) is 0 Å². The molecule has 0 aliphatic rings. The van der Waals surface area contributed by atoms with E-state index in [1.165, 1.54) is 11.3 Å². The van der Waals surface area contributed by atoms with E-state index < -0.39 is 0 Å². The van der Waals surface area contributed by atoms with Crippen LogP contribution in [0, 0.1) is 0 Å². The SMILES string of the molecule is CC(NC(=O)CNC(C)(C)C)c1ccc(Cl)s1. The molecular weight excluding hydrogens is 256 g/mol. The molecule has 1 atom stereocenters. The first kappa shape index (κ1) is 14.5. The van der Waals surface area contributed by atoms with Crippen LogP contribution < -0.4 is 10.6 Å². The average Bonchev–Trinajstić information content (AvgIpc) is 2.61. The van der Waals surface area contributed by atoms with Crippen LogP contribution >= 0.6 is 22.9 Å². The zero-order valence-corrected chi connectivity index (χ0v) is 12.2. The molecule has 1 unspecified atom stereocenters. The van der Waals surface area contributed by atoms with Gasteiger partial charge in [0.15, 0.2) is 0 Å². The molecule has 1 aromatic heterocycles. The number of amides is 1. The zero-order chi connectivity index (χ0) is 13.1. The first-order valence-corrected chi connectivity index (χ1v) is 6.77. The van der Waals surface area contributed by atoms with Crippen LogP contribution in [0.1, 0.15) is 38.6 Å². The van der Waals surface area contributed by atoms with Crippen LogP contribution in [0.15, 0.2) is 12.1 Å². The maximum Gasteiger partial charge on any atom is 0.234 e. The smallest absolute Gasteiger partial charge is 0.234 e. The molecule has 0 fully saturated rings. The molecule has 0 aromatic carbocycles. The molecular formula is C12H19ClN2OS. The summed E-state index contributed by atoms with van der Waals surface area (Å²) >= 11 is 7.35. The lowest BCUT2D eigenvalue weighted by Gasteiger charge is -2.21. The lowest BCUT2D eigenvalue weighted by Crippen LogP contribution is -2.43. The Hall–Kier alpha value is -0.580. The van der Waals surface area contributed by atoms with E-state index in [1.807, 2.05) is 39.8 Å².